The lowest BCUT2D eigenvalue weighted by atomic mass is 10.2. The number of hydrogen-bond acceptors (Lipinski definition) is 3. The van der Waals surface area contributed by atoms with Crippen LogP contribution in [0.15, 0.2) is 40.9 Å². The topological polar surface area (TPSA) is 47.3 Å². The lowest BCUT2D eigenvalue weighted by Gasteiger charge is -2.10. The zero-order valence-corrected chi connectivity index (χ0v) is 11.3. The molecule has 0 atom stereocenters. The van der Waals surface area contributed by atoms with Gasteiger partial charge in [-0.3, -0.25) is 0 Å². The van der Waals surface area contributed by atoms with Crippen molar-refractivity contribution in [3.8, 4) is 5.75 Å². The molecule has 0 amide bonds. The van der Waals surface area contributed by atoms with Crippen molar-refractivity contribution in [2.24, 2.45) is 0 Å². The third kappa shape index (κ3) is 2.92. The fourth-order valence-corrected chi connectivity index (χ4v) is 2.01. The molecule has 0 heterocycles. The SMILES string of the molecule is COc1cc(Br)cc(Nc2ccc(N)cc2F)c1. The van der Waals surface area contributed by atoms with Gasteiger partial charge >= 0.3 is 0 Å². The number of methoxy groups -OCH3 is 1. The van der Waals surface area contributed by atoms with Crippen LogP contribution in [0.4, 0.5) is 21.5 Å². The molecule has 0 radical (unpaired) electrons. The number of anilines is 3. The number of rotatable bonds is 3. The minimum atomic E-state index is -0.394. The van der Waals surface area contributed by atoms with Gasteiger partial charge in [-0.1, -0.05) is 15.9 Å². The van der Waals surface area contributed by atoms with Gasteiger partial charge in [0.25, 0.3) is 0 Å². The minimum absolute atomic E-state index is 0.365. The van der Waals surface area contributed by atoms with Gasteiger partial charge in [-0.25, -0.2) is 4.39 Å². The first-order valence-electron chi connectivity index (χ1n) is 5.25. The number of nitrogens with one attached hydrogen (secondary N) is 1. The van der Waals surface area contributed by atoms with E-state index in [9.17, 15) is 4.39 Å². The van der Waals surface area contributed by atoms with E-state index in [0.29, 0.717) is 17.1 Å². The Bertz CT molecular complexity index is 575. The second-order valence-electron chi connectivity index (χ2n) is 3.74. The first-order chi connectivity index (χ1) is 8.58. The van der Waals surface area contributed by atoms with Gasteiger partial charge in [0.2, 0.25) is 0 Å². The standard InChI is InChI=1S/C13H12BrFN2O/c1-18-11-5-8(14)4-10(7-11)17-13-3-2-9(16)6-12(13)15/h2-7,17H,16H2,1H3. The fourth-order valence-electron chi connectivity index (χ4n) is 1.54. The summed E-state index contributed by atoms with van der Waals surface area (Å²) in [5, 5.41) is 2.97. The van der Waals surface area contributed by atoms with Crippen molar-refractivity contribution in [2.45, 2.75) is 0 Å². The molecule has 0 bridgehead atoms. The van der Waals surface area contributed by atoms with Gasteiger partial charge in [0.1, 0.15) is 11.6 Å². The Hall–Kier alpha value is -1.75. The van der Waals surface area contributed by atoms with Crippen LogP contribution in [0.2, 0.25) is 0 Å². The molecule has 0 aliphatic heterocycles. The zero-order valence-electron chi connectivity index (χ0n) is 9.71. The molecule has 94 valence electrons. The lowest BCUT2D eigenvalue weighted by Crippen LogP contribution is -1.96. The van der Waals surface area contributed by atoms with Crippen LogP contribution in [-0.2, 0) is 0 Å². The van der Waals surface area contributed by atoms with Crippen LogP contribution in [0.1, 0.15) is 0 Å². The molecule has 0 unspecified atom stereocenters. The zero-order chi connectivity index (χ0) is 13.1. The Balaban J connectivity index is 2.30. The van der Waals surface area contributed by atoms with E-state index < -0.39 is 5.82 Å². The summed E-state index contributed by atoms with van der Waals surface area (Å²) in [5.41, 5.74) is 6.98. The molecule has 0 saturated carbocycles. The average molecular weight is 311 g/mol. The molecule has 18 heavy (non-hydrogen) atoms. The Labute approximate surface area is 113 Å². The number of benzene rings is 2. The van der Waals surface area contributed by atoms with E-state index in [1.54, 1.807) is 25.3 Å². The molecule has 2 rings (SSSR count). The van der Waals surface area contributed by atoms with Crippen molar-refractivity contribution in [3.05, 3.63) is 46.7 Å². The maximum absolute atomic E-state index is 13.6. The Morgan fingerprint density at radius 1 is 1.22 bits per heavy atom. The largest absolute Gasteiger partial charge is 0.497 e. The number of ether oxygens (including phenoxy) is 1. The summed E-state index contributed by atoms with van der Waals surface area (Å²) >= 11 is 3.36. The Kier molecular flexibility index (Phi) is 3.72. The lowest BCUT2D eigenvalue weighted by molar-refractivity contribution is 0.415. The van der Waals surface area contributed by atoms with E-state index in [0.717, 1.165) is 10.2 Å². The van der Waals surface area contributed by atoms with Gasteiger partial charge in [0.15, 0.2) is 0 Å². The van der Waals surface area contributed by atoms with Crippen molar-refractivity contribution < 1.29 is 9.13 Å². The summed E-state index contributed by atoms with van der Waals surface area (Å²) in [5.74, 6) is 0.289. The molecule has 5 heteroatoms. The highest BCUT2D eigenvalue weighted by molar-refractivity contribution is 9.10. The highest BCUT2D eigenvalue weighted by Crippen LogP contribution is 2.28. The first-order valence-corrected chi connectivity index (χ1v) is 6.04. The molecule has 0 aliphatic rings. The van der Waals surface area contributed by atoms with E-state index in [1.807, 2.05) is 12.1 Å². The minimum Gasteiger partial charge on any atom is -0.497 e. The summed E-state index contributed by atoms with van der Waals surface area (Å²) in [6.45, 7) is 0. The van der Waals surface area contributed by atoms with E-state index in [-0.39, 0.29) is 0 Å². The van der Waals surface area contributed by atoms with Crippen LogP contribution >= 0.6 is 15.9 Å². The van der Waals surface area contributed by atoms with Gasteiger partial charge < -0.3 is 15.8 Å². The second kappa shape index (κ2) is 5.27. The quantitative estimate of drug-likeness (QED) is 0.845. The van der Waals surface area contributed by atoms with Crippen molar-refractivity contribution in [1.29, 1.82) is 0 Å². The number of nitrogens with two attached hydrogens (primary N) is 1. The fraction of sp³-hybridized carbons (Fsp3) is 0.0769. The van der Waals surface area contributed by atoms with Crippen LogP contribution in [0, 0.1) is 5.82 Å². The van der Waals surface area contributed by atoms with Crippen molar-refractivity contribution in [1.82, 2.24) is 0 Å². The molecule has 0 aromatic heterocycles. The maximum Gasteiger partial charge on any atom is 0.148 e. The molecular weight excluding hydrogens is 299 g/mol. The maximum atomic E-state index is 13.6. The van der Waals surface area contributed by atoms with Crippen molar-refractivity contribution >= 4 is 33.0 Å². The van der Waals surface area contributed by atoms with Crippen LogP contribution in [-0.4, -0.2) is 7.11 Å². The molecule has 2 aromatic carbocycles. The molecule has 0 spiro atoms. The van der Waals surface area contributed by atoms with E-state index in [2.05, 4.69) is 21.2 Å². The summed E-state index contributed by atoms with van der Waals surface area (Å²) < 4.78 is 19.6. The molecular formula is C13H12BrFN2O. The predicted octanol–water partition coefficient (Wildman–Crippen LogP) is 3.92. The van der Waals surface area contributed by atoms with Crippen LogP contribution in [0.5, 0.6) is 5.75 Å². The highest BCUT2D eigenvalue weighted by Gasteiger charge is 2.05. The van der Waals surface area contributed by atoms with Gasteiger partial charge in [0, 0.05) is 21.9 Å². The first kappa shape index (κ1) is 12.7. The van der Waals surface area contributed by atoms with E-state index in [4.69, 9.17) is 10.5 Å². The summed E-state index contributed by atoms with van der Waals surface area (Å²) in [4.78, 5) is 0. The monoisotopic (exact) mass is 310 g/mol. The molecule has 2 aromatic rings. The normalized spacial score (nSPS) is 10.2. The molecule has 3 nitrogen and oxygen atoms in total. The van der Waals surface area contributed by atoms with E-state index >= 15 is 0 Å². The highest BCUT2D eigenvalue weighted by atomic mass is 79.9. The van der Waals surface area contributed by atoms with Crippen molar-refractivity contribution in [2.75, 3.05) is 18.2 Å². The molecule has 0 aliphatic carbocycles. The average Bonchev–Trinajstić information content (AvgIpc) is 2.32. The van der Waals surface area contributed by atoms with Crippen LogP contribution in [0.25, 0.3) is 0 Å². The van der Waals surface area contributed by atoms with Crippen LogP contribution in [0.3, 0.4) is 0 Å². The van der Waals surface area contributed by atoms with Gasteiger partial charge in [-0.2, -0.15) is 0 Å². The predicted molar refractivity (Wildman–Crippen MR) is 74.8 cm³/mol. The van der Waals surface area contributed by atoms with Crippen LogP contribution < -0.4 is 15.8 Å². The number of nitrogen functional groups attached to an aromatic ring is 1. The van der Waals surface area contributed by atoms with Gasteiger partial charge in [-0.05, 0) is 30.3 Å². The number of halogens is 2. The van der Waals surface area contributed by atoms with E-state index in [1.165, 1.54) is 6.07 Å². The smallest absolute Gasteiger partial charge is 0.148 e. The van der Waals surface area contributed by atoms with Gasteiger partial charge in [0.05, 0.1) is 12.8 Å². The second-order valence-corrected chi connectivity index (χ2v) is 4.66. The van der Waals surface area contributed by atoms with Crippen molar-refractivity contribution in [3.63, 3.8) is 0 Å². The molecule has 0 fully saturated rings. The summed E-state index contributed by atoms with van der Waals surface area (Å²) in [6, 6.07) is 9.94. The summed E-state index contributed by atoms with van der Waals surface area (Å²) in [6.07, 6.45) is 0. The third-order valence-electron chi connectivity index (χ3n) is 2.38. The Morgan fingerprint density at radius 3 is 2.67 bits per heavy atom. The third-order valence-corrected chi connectivity index (χ3v) is 2.84. The molecule has 3 N–H and O–H groups in total. The Morgan fingerprint density at radius 2 is 2.00 bits per heavy atom. The molecule has 0 saturated heterocycles. The number of hydrogen-bond donors (Lipinski definition) is 2. The van der Waals surface area contributed by atoms with Gasteiger partial charge in [-0.15, -0.1) is 0 Å². The summed E-state index contributed by atoms with van der Waals surface area (Å²) in [7, 11) is 1.58.